The fourth-order valence-corrected chi connectivity index (χ4v) is 5.42. The molecule has 1 unspecified atom stereocenters. The Kier molecular flexibility index (Phi) is 4.77. The van der Waals surface area contributed by atoms with Crippen molar-refractivity contribution >= 4 is 21.8 Å². The molecule has 148 valence electrons. The van der Waals surface area contributed by atoms with Crippen molar-refractivity contribution in [3.63, 3.8) is 0 Å². The number of carbonyl (C=O) groups is 1. The third kappa shape index (κ3) is 3.19. The minimum atomic E-state index is -0.298. The van der Waals surface area contributed by atoms with Crippen molar-refractivity contribution in [1.29, 1.82) is 0 Å². The average Bonchev–Trinajstić information content (AvgIpc) is 3.48. The molecule has 28 heavy (non-hydrogen) atoms. The summed E-state index contributed by atoms with van der Waals surface area (Å²) in [6.45, 7) is 2.68. The maximum absolute atomic E-state index is 13.5. The quantitative estimate of drug-likeness (QED) is 0.715. The van der Waals surface area contributed by atoms with Crippen molar-refractivity contribution in [2.75, 3.05) is 13.1 Å². The van der Waals surface area contributed by atoms with E-state index in [1.807, 2.05) is 12.1 Å². The number of piperidine rings is 1. The second-order valence-corrected chi connectivity index (χ2v) is 9.54. The number of amides is 1. The number of nitrogens with zero attached hydrogens (tertiary/aromatic N) is 4. The van der Waals surface area contributed by atoms with Crippen LogP contribution in [0.4, 0.5) is 0 Å². The molecule has 3 aliphatic rings. The summed E-state index contributed by atoms with van der Waals surface area (Å²) in [6, 6.07) is 8.29. The van der Waals surface area contributed by atoms with Crippen LogP contribution in [0.15, 0.2) is 28.7 Å². The number of benzene rings is 1. The second-order valence-electron chi connectivity index (χ2n) is 8.62. The van der Waals surface area contributed by atoms with Crippen molar-refractivity contribution in [3.8, 4) is 0 Å². The average molecular weight is 443 g/mol. The molecule has 1 aromatic heterocycles. The van der Waals surface area contributed by atoms with Gasteiger partial charge in [0.25, 0.3) is 0 Å². The molecule has 1 amide bonds. The number of halogens is 1. The normalized spacial score (nSPS) is 23.8. The molecule has 5 nitrogen and oxygen atoms in total. The Hall–Kier alpha value is -1.69. The largest absolute Gasteiger partial charge is 0.341 e. The smallest absolute Gasteiger partial charge is 0.233 e. The van der Waals surface area contributed by atoms with Crippen LogP contribution in [0.25, 0.3) is 0 Å². The molecule has 1 aromatic carbocycles. The number of hydrogen-bond donors (Lipinski definition) is 0. The fraction of sp³-hybridized carbons (Fsp3) is 0.591. The maximum atomic E-state index is 13.5. The number of carbonyl (C=O) groups excluding carboxylic acids is 1. The van der Waals surface area contributed by atoms with Crippen LogP contribution in [-0.2, 0) is 23.2 Å². The maximum Gasteiger partial charge on any atom is 0.233 e. The van der Waals surface area contributed by atoms with Gasteiger partial charge < -0.3 is 9.47 Å². The summed E-state index contributed by atoms with van der Waals surface area (Å²) in [6.07, 6.45) is 8.80. The number of hydrogen-bond acceptors (Lipinski definition) is 3. The Balaban J connectivity index is 1.36. The van der Waals surface area contributed by atoms with Crippen LogP contribution >= 0.6 is 15.9 Å². The van der Waals surface area contributed by atoms with Gasteiger partial charge in [-0.15, -0.1) is 10.2 Å². The van der Waals surface area contributed by atoms with E-state index >= 15 is 0 Å². The summed E-state index contributed by atoms with van der Waals surface area (Å²) in [5.74, 6) is 2.88. The van der Waals surface area contributed by atoms with Crippen LogP contribution in [0.5, 0.6) is 0 Å². The van der Waals surface area contributed by atoms with E-state index in [9.17, 15) is 4.79 Å². The van der Waals surface area contributed by atoms with Gasteiger partial charge in [0.2, 0.25) is 5.91 Å². The highest BCUT2D eigenvalue weighted by Crippen LogP contribution is 2.50. The van der Waals surface area contributed by atoms with E-state index in [0.29, 0.717) is 11.8 Å². The highest BCUT2D eigenvalue weighted by Gasteiger charge is 2.53. The molecular formula is C22H27BrN4O. The molecule has 1 aliphatic carbocycles. The van der Waals surface area contributed by atoms with Crippen LogP contribution in [0, 0.1) is 0 Å². The Morgan fingerprint density at radius 1 is 1.11 bits per heavy atom. The lowest BCUT2D eigenvalue weighted by Gasteiger charge is -2.35. The van der Waals surface area contributed by atoms with E-state index in [-0.39, 0.29) is 5.41 Å². The lowest BCUT2D eigenvalue weighted by Crippen LogP contribution is -2.45. The molecule has 0 N–H and O–H groups in total. The van der Waals surface area contributed by atoms with Crippen molar-refractivity contribution in [3.05, 3.63) is 46.0 Å². The molecule has 2 aromatic rings. The molecule has 0 radical (unpaired) electrons. The number of likely N-dealkylation sites (tertiary alicyclic amines) is 1. The Labute approximate surface area is 174 Å². The molecule has 3 heterocycles. The summed E-state index contributed by atoms with van der Waals surface area (Å²) in [5, 5.41) is 9.06. The van der Waals surface area contributed by atoms with Gasteiger partial charge in [0, 0.05) is 36.4 Å². The predicted octanol–water partition coefficient (Wildman–Crippen LogP) is 4.20. The van der Waals surface area contributed by atoms with Gasteiger partial charge in [-0.2, -0.15) is 0 Å². The minimum Gasteiger partial charge on any atom is -0.341 e. The van der Waals surface area contributed by atoms with E-state index in [1.165, 1.54) is 19.3 Å². The highest BCUT2D eigenvalue weighted by atomic mass is 79.9. The first kappa shape index (κ1) is 18.3. The topological polar surface area (TPSA) is 51.0 Å². The van der Waals surface area contributed by atoms with Gasteiger partial charge in [-0.25, -0.2) is 0 Å². The molecule has 1 saturated carbocycles. The van der Waals surface area contributed by atoms with Crippen LogP contribution < -0.4 is 0 Å². The van der Waals surface area contributed by atoms with Crippen molar-refractivity contribution in [2.24, 2.45) is 0 Å². The summed E-state index contributed by atoms with van der Waals surface area (Å²) >= 11 is 3.56. The standard InChI is InChI=1S/C22H27BrN4O/c23-18-8-4-7-17(14-18)22(10-11-22)21(28)26-12-5-6-16(15-26)20-25-24-19-9-2-1-3-13-27(19)20/h4,7-8,14,16H,1-3,5-6,9-13,15H2. The van der Waals surface area contributed by atoms with Crippen LogP contribution in [0.3, 0.4) is 0 Å². The van der Waals surface area contributed by atoms with Crippen LogP contribution in [0.1, 0.15) is 68.1 Å². The summed E-state index contributed by atoms with van der Waals surface area (Å²) in [5.41, 5.74) is 0.860. The summed E-state index contributed by atoms with van der Waals surface area (Å²) in [4.78, 5) is 15.6. The van der Waals surface area contributed by atoms with Crippen molar-refractivity contribution in [1.82, 2.24) is 19.7 Å². The van der Waals surface area contributed by atoms with E-state index < -0.39 is 0 Å². The monoisotopic (exact) mass is 442 g/mol. The van der Waals surface area contributed by atoms with Crippen LogP contribution in [0.2, 0.25) is 0 Å². The highest BCUT2D eigenvalue weighted by molar-refractivity contribution is 9.10. The Morgan fingerprint density at radius 3 is 2.82 bits per heavy atom. The van der Waals surface area contributed by atoms with Gasteiger partial charge in [-0.3, -0.25) is 4.79 Å². The van der Waals surface area contributed by atoms with Crippen molar-refractivity contribution in [2.45, 2.75) is 69.2 Å². The predicted molar refractivity (Wildman–Crippen MR) is 111 cm³/mol. The first-order valence-corrected chi connectivity index (χ1v) is 11.4. The van der Waals surface area contributed by atoms with Gasteiger partial charge >= 0.3 is 0 Å². The van der Waals surface area contributed by atoms with E-state index in [0.717, 1.165) is 73.4 Å². The summed E-state index contributed by atoms with van der Waals surface area (Å²) < 4.78 is 3.40. The molecule has 2 aliphatic heterocycles. The number of aromatic nitrogens is 3. The molecular weight excluding hydrogens is 416 g/mol. The van der Waals surface area contributed by atoms with E-state index in [1.54, 1.807) is 0 Å². The van der Waals surface area contributed by atoms with Crippen LogP contribution in [-0.4, -0.2) is 38.7 Å². The zero-order chi connectivity index (χ0) is 19.1. The lowest BCUT2D eigenvalue weighted by molar-refractivity contribution is -0.135. The third-order valence-corrected chi connectivity index (χ3v) is 7.24. The summed E-state index contributed by atoms with van der Waals surface area (Å²) in [7, 11) is 0. The van der Waals surface area contributed by atoms with E-state index in [2.05, 4.69) is 47.7 Å². The van der Waals surface area contributed by atoms with Gasteiger partial charge in [-0.1, -0.05) is 34.5 Å². The number of rotatable bonds is 3. The first-order chi connectivity index (χ1) is 13.7. The van der Waals surface area contributed by atoms with Crippen molar-refractivity contribution < 1.29 is 4.79 Å². The molecule has 1 saturated heterocycles. The zero-order valence-corrected chi connectivity index (χ0v) is 17.8. The molecule has 6 heteroatoms. The SMILES string of the molecule is O=C(N1CCCC(c2nnc3n2CCCCC3)C1)C1(c2cccc(Br)c2)CC1. The van der Waals surface area contributed by atoms with Gasteiger partial charge in [0.15, 0.2) is 0 Å². The Bertz CT molecular complexity index is 888. The molecule has 0 spiro atoms. The Morgan fingerprint density at radius 2 is 2.00 bits per heavy atom. The minimum absolute atomic E-state index is 0.298. The molecule has 1 atom stereocenters. The third-order valence-electron chi connectivity index (χ3n) is 6.75. The first-order valence-electron chi connectivity index (χ1n) is 10.6. The van der Waals surface area contributed by atoms with Gasteiger partial charge in [0.1, 0.15) is 11.6 Å². The number of aryl methyl sites for hydroxylation is 1. The van der Waals surface area contributed by atoms with E-state index in [4.69, 9.17) is 0 Å². The molecule has 0 bridgehead atoms. The number of fused-ring (bicyclic) bond motifs is 1. The second kappa shape index (κ2) is 7.29. The zero-order valence-electron chi connectivity index (χ0n) is 16.2. The lowest BCUT2D eigenvalue weighted by atomic mass is 9.91. The fourth-order valence-electron chi connectivity index (χ4n) is 5.02. The molecule has 2 fully saturated rings. The molecule has 5 rings (SSSR count). The van der Waals surface area contributed by atoms with Gasteiger partial charge in [-0.05, 0) is 56.2 Å². The van der Waals surface area contributed by atoms with Gasteiger partial charge in [0.05, 0.1) is 5.41 Å².